The molecule has 0 radical (unpaired) electrons. The van der Waals surface area contributed by atoms with Gasteiger partial charge in [-0.2, -0.15) is 0 Å². The van der Waals surface area contributed by atoms with Crippen LogP contribution in [0.5, 0.6) is 0 Å². The third-order valence-electron chi connectivity index (χ3n) is 5.11. The number of hydrogen-bond donors (Lipinski definition) is 1. The van der Waals surface area contributed by atoms with E-state index in [1.807, 2.05) is 11.0 Å². The average Bonchev–Trinajstić information content (AvgIpc) is 2.83. The number of carbonyl (C=O) groups excluding carboxylic acids is 1. The molecule has 1 aromatic rings. The fourth-order valence-corrected chi connectivity index (χ4v) is 3.85. The third kappa shape index (κ3) is 2.98. The monoisotopic (exact) mass is 286 g/mol. The first kappa shape index (κ1) is 14.6. The Kier molecular flexibility index (Phi) is 4.29. The molecule has 1 fully saturated rings. The number of hydrogen-bond acceptors (Lipinski definition) is 2. The predicted molar refractivity (Wildman–Crippen MR) is 86.5 cm³/mol. The van der Waals surface area contributed by atoms with Crippen LogP contribution < -0.4 is 10.2 Å². The van der Waals surface area contributed by atoms with Crippen LogP contribution in [-0.4, -0.2) is 25.0 Å². The summed E-state index contributed by atoms with van der Waals surface area (Å²) in [5, 5.41) is 3.46. The fraction of sp³-hybridized carbons (Fsp3) is 0.611. The zero-order valence-electron chi connectivity index (χ0n) is 13.1. The van der Waals surface area contributed by atoms with Gasteiger partial charge in [0.25, 0.3) is 0 Å². The maximum absolute atomic E-state index is 12.8. The molecule has 3 nitrogen and oxygen atoms in total. The van der Waals surface area contributed by atoms with Crippen LogP contribution in [0.2, 0.25) is 0 Å². The summed E-state index contributed by atoms with van der Waals surface area (Å²) in [4.78, 5) is 14.8. The maximum Gasteiger partial charge on any atom is 0.227 e. The van der Waals surface area contributed by atoms with Crippen molar-refractivity contribution < 1.29 is 4.79 Å². The van der Waals surface area contributed by atoms with Gasteiger partial charge in [0, 0.05) is 18.2 Å². The van der Waals surface area contributed by atoms with E-state index >= 15 is 0 Å². The molecule has 1 saturated heterocycles. The molecule has 1 aromatic carbocycles. The molecule has 1 N–H and O–H groups in total. The van der Waals surface area contributed by atoms with Crippen molar-refractivity contribution in [1.29, 1.82) is 0 Å². The van der Waals surface area contributed by atoms with Crippen molar-refractivity contribution in [2.24, 2.45) is 11.8 Å². The third-order valence-corrected chi connectivity index (χ3v) is 5.11. The van der Waals surface area contributed by atoms with E-state index in [0.29, 0.717) is 30.2 Å². The molecule has 0 aromatic heterocycles. The van der Waals surface area contributed by atoms with Crippen LogP contribution in [0.1, 0.15) is 38.7 Å². The van der Waals surface area contributed by atoms with E-state index in [0.717, 1.165) is 25.2 Å². The van der Waals surface area contributed by atoms with Gasteiger partial charge in [0.15, 0.2) is 0 Å². The van der Waals surface area contributed by atoms with E-state index in [-0.39, 0.29) is 0 Å². The maximum atomic E-state index is 12.8. The van der Waals surface area contributed by atoms with E-state index in [4.69, 9.17) is 0 Å². The van der Waals surface area contributed by atoms with Crippen molar-refractivity contribution in [1.82, 2.24) is 5.32 Å². The van der Waals surface area contributed by atoms with Gasteiger partial charge in [-0.05, 0) is 62.7 Å². The second-order valence-corrected chi connectivity index (χ2v) is 6.73. The first-order valence-corrected chi connectivity index (χ1v) is 8.27. The molecule has 3 atom stereocenters. The minimum Gasteiger partial charge on any atom is -0.316 e. The largest absolute Gasteiger partial charge is 0.316 e. The van der Waals surface area contributed by atoms with E-state index in [2.05, 4.69) is 37.4 Å². The van der Waals surface area contributed by atoms with Gasteiger partial charge in [0.05, 0.1) is 0 Å². The highest BCUT2D eigenvalue weighted by Gasteiger charge is 2.32. The number of benzene rings is 1. The minimum atomic E-state index is 0.297. The van der Waals surface area contributed by atoms with Gasteiger partial charge in [-0.3, -0.25) is 4.79 Å². The first-order chi connectivity index (χ1) is 10.2. The Bertz CT molecular complexity index is 508. The minimum absolute atomic E-state index is 0.297. The number of piperidine rings is 1. The highest BCUT2D eigenvalue weighted by atomic mass is 16.2. The standard InChI is InChI=1S/C18H26N2O/c1-13(16-7-5-9-19-12-16)10-18(21)20-14(2)11-15-6-3-4-8-17(15)20/h3-4,6,8,13-14,16,19H,5,7,9-12H2,1-2H3. The Hall–Kier alpha value is -1.35. The molecule has 0 aliphatic carbocycles. The number of nitrogens with zero attached hydrogens (tertiary/aromatic N) is 1. The van der Waals surface area contributed by atoms with Crippen LogP contribution in [0.25, 0.3) is 0 Å². The van der Waals surface area contributed by atoms with Crippen molar-refractivity contribution in [3.63, 3.8) is 0 Å². The molecular weight excluding hydrogens is 260 g/mol. The summed E-state index contributed by atoms with van der Waals surface area (Å²) >= 11 is 0. The zero-order valence-corrected chi connectivity index (χ0v) is 13.1. The van der Waals surface area contributed by atoms with Gasteiger partial charge in [-0.25, -0.2) is 0 Å². The quantitative estimate of drug-likeness (QED) is 0.926. The van der Waals surface area contributed by atoms with Gasteiger partial charge in [-0.1, -0.05) is 25.1 Å². The molecule has 1 amide bonds. The zero-order chi connectivity index (χ0) is 14.8. The Balaban J connectivity index is 1.67. The average molecular weight is 286 g/mol. The fourth-order valence-electron chi connectivity index (χ4n) is 3.85. The Morgan fingerprint density at radius 1 is 1.43 bits per heavy atom. The van der Waals surface area contributed by atoms with Gasteiger partial charge < -0.3 is 10.2 Å². The summed E-state index contributed by atoms with van der Waals surface area (Å²) in [5.41, 5.74) is 2.44. The molecule has 3 unspecified atom stereocenters. The van der Waals surface area contributed by atoms with Gasteiger partial charge in [-0.15, -0.1) is 0 Å². The van der Waals surface area contributed by atoms with Gasteiger partial charge in [0.2, 0.25) is 5.91 Å². The number of nitrogens with one attached hydrogen (secondary N) is 1. The van der Waals surface area contributed by atoms with Crippen LogP contribution in [0.3, 0.4) is 0 Å². The lowest BCUT2D eigenvalue weighted by Crippen LogP contribution is -2.39. The van der Waals surface area contributed by atoms with Gasteiger partial charge in [0.1, 0.15) is 0 Å². The molecule has 2 heterocycles. The number of amides is 1. The van der Waals surface area contributed by atoms with E-state index in [1.165, 1.54) is 18.4 Å². The number of rotatable bonds is 3. The predicted octanol–water partition coefficient (Wildman–Crippen LogP) is 2.99. The molecule has 2 aliphatic heterocycles. The Morgan fingerprint density at radius 2 is 2.24 bits per heavy atom. The molecule has 0 bridgehead atoms. The highest BCUT2D eigenvalue weighted by molar-refractivity contribution is 5.96. The molecular formula is C18H26N2O. The lowest BCUT2D eigenvalue weighted by Gasteiger charge is -2.30. The summed E-state index contributed by atoms with van der Waals surface area (Å²) in [7, 11) is 0. The van der Waals surface area contributed by atoms with Crippen LogP contribution in [0.15, 0.2) is 24.3 Å². The number of fused-ring (bicyclic) bond motifs is 1. The highest BCUT2D eigenvalue weighted by Crippen LogP contribution is 2.33. The van der Waals surface area contributed by atoms with Crippen molar-refractivity contribution in [3.8, 4) is 0 Å². The van der Waals surface area contributed by atoms with Crippen molar-refractivity contribution in [2.45, 2.75) is 45.6 Å². The Labute approximate surface area is 127 Å². The topological polar surface area (TPSA) is 32.3 Å². The van der Waals surface area contributed by atoms with Crippen molar-refractivity contribution in [3.05, 3.63) is 29.8 Å². The summed E-state index contributed by atoms with van der Waals surface area (Å²) in [5.74, 6) is 1.41. The number of anilines is 1. The van der Waals surface area contributed by atoms with E-state index in [9.17, 15) is 4.79 Å². The lowest BCUT2D eigenvalue weighted by molar-refractivity contribution is -0.120. The number of para-hydroxylation sites is 1. The molecule has 114 valence electrons. The van der Waals surface area contributed by atoms with E-state index < -0.39 is 0 Å². The normalized spacial score (nSPS) is 26.5. The summed E-state index contributed by atoms with van der Waals surface area (Å²) < 4.78 is 0. The van der Waals surface area contributed by atoms with E-state index in [1.54, 1.807) is 0 Å². The van der Waals surface area contributed by atoms with Crippen LogP contribution >= 0.6 is 0 Å². The molecule has 2 aliphatic rings. The second kappa shape index (κ2) is 6.18. The lowest BCUT2D eigenvalue weighted by atomic mass is 9.85. The van der Waals surface area contributed by atoms with Crippen molar-refractivity contribution >= 4 is 11.6 Å². The summed E-state index contributed by atoms with van der Waals surface area (Å²) in [6.07, 6.45) is 4.16. The summed E-state index contributed by atoms with van der Waals surface area (Å²) in [6.45, 7) is 6.60. The Morgan fingerprint density at radius 3 is 3.00 bits per heavy atom. The van der Waals surface area contributed by atoms with Crippen molar-refractivity contribution in [2.75, 3.05) is 18.0 Å². The first-order valence-electron chi connectivity index (χ1n) is 8.27. The molecule has 3 rings (SSSR count). The SMILES string of the molecule is CC(CC(=O)N1c2ccccc2CC1C)C1CCCNC1. The molecule has 0 saturated carbocycles. The molecule has 3 heteroatoms. The molecule has 21 heavy (non-hydrogen) atoms. The van der Waals surface area contributed by atoms with Crippen LogP contribution in [0.4, 0.5) is 5.69 Å². The van der Waals surface area contributed by atoms with Crippen LogP contribution in [-0.2, 0) is 11.2 Å². The second-order valence-electron chi connectivity index (χ2n) is 6.73. The van der Waals surface area contributed by atoms with Gasteiger partial charge >= 0.3 is 0 Å². The summed E-state index contributed by atoms with van der Waals surface area (Å²) in [6, 6.07) is 8.63. The number of carbonyl (C=O) groups is 1. The molecule has 0 spiro atoms. The van der Waals surface area contributed by atoms with Crippen LogP contribution in [0, 0.1) is 11.8 Å². The smallest absolute Gasteiger partial charge is 0.227 e.